The van der Waals surface area contributed by atoms with Crippen molar-refractivity contribution in [3.63, 3.8) is 0 Å². The van der Waals surface area contributed by atoms with Crippen LogP contribution in [0.5, 0.6) is 11.5 Å². The summed E-state index contributed by atoms with van der Waals surface area (Å²) in [5, 5.41) is 22.2. The van der Waals surface area contributed by atoms with Crippen molar-refractivity contribution in [2.45, 2.75) is 37.5 Å². The van der Waals surface area contributed by atoms with Gasteiger partial charge in [0, 0.05) is 18.0 Å². The summed E-state index contributed by atoms with van der Waals surface area (Å²) in [6.07, 6.45) is 2.93. The van der Waals surface area contributed by atoms with E-state index < -0.39 is 46.8 Å². The second kappa shape index (κ2) is 12.0. The Kier molecular flexibility index (Phi) is 7.58. The molecule has 6 atom stereocenters. The normalized spacial score (nSPS) is 27.1. The fourth-order valence-corrected chi connectivity index (χ4v) is 9.01. The van der Waals surface area contributed by atoms with Gasteiger partial charge < -0.3 is 10.2 Å². The molecular weight excluding hydrogens is 630 g/mol. The van der Waals surface area contributed by atoms with Gasteiger partial charge in [-0.05, 0) is 73.6 Å². The molecule has 3 fully saturated rings. The van der Waals surface area contributed by atoms with Crippen molar-refractivity contribution in [1.29, 1.82) is 0 Å². The number of hydrogen-bond donors (Lipinski definition) is 3. The number of aromatic hydroxyl groups is 2. The Labute approximate surface area is 289 Å². The number of hydrogen-bond acceptors (Lipinski definition) is 7. The van der Waals surface area contributed by atoms with Crippen molar-refractivity contribution in [3.05, 3.63) is 137 Å². The smallest absolute Gasteiger partial charge is 0.260 e. The van der Waals surface area contributed by atoms with Gasteiger partial charge in [0.15, 0.2) is 0 Å². The standard InChI is InChI=1S/C41H37N3O6/c1-24-11-15-27(16-12-24)42-44-38(48)33-23-32-29(19-20-31-35(32)39(49)43(37(31)47)22-21-25-13-17-28(45)18-14-25)36(30-9-5-6-10-34(30)46)41(33,40(44)50)26-7-3-2-4-8-26/h2-19,31-33,35-36,42,45-46H,20-23H2,1H3/t31-,32+,33-,35-,36+,41+/m0/s1. The number of carbonyl (C=O) groups is 4. The Morgan fingerprint density at radius 3 is 2.20 bits per heavy atom. The van der Waals surface area contributed by atoms with Gasteiger partial charge in [0.2, 0.25) is 11.8 Å². The highest BCUT2D eigenvalue weighted by Crippen LogP contribution is 2.64. The number of phenolic OH excluding ortho intramolecular Hbond substituents is 2. The number of allylic oxidation sites excluding steroid dienone is 2. The fourth-order valence-electron chi connectivity index (χ4n) is 9.01. The highest BCUT2D eigenvalue weighted by atomic mass is 16.3. The first-order valence-corrected chi connectivity index (χ1v) is 17.1. The fraction of sp³-hybridized carbons (Fsp3) is 0.268. The summed E-state index contributed by atoms with van der Waals surface area (Å²) < 4.78 is 0. The zero-order valence-electron chi connectivity index (χ0n) is 27.5. The molecule has 2 aliphatic heterocycles. The largest absolute Gasteiger partial charge is 0.508 e. The number of imide groups is 2. The van der Waals surface area contributed by atoms with Crippen molar-refractivity contribution < 1.29 is 29.4 Å². The molecule has 9 nitrogen and oxygen atoms in total. The number of para-hydroxylation sites is 1. The lowest BCUT2D eigenvalue weighted by molar-refractivity contribution is -0.141. The SMILES string of the molecule is Cc1ccc(NN2C(=O)[C@@H]3C[C@@H]4C(=CC[C@@H]5C(=O)N(CCc6ccc(O)cc6)C(=O)[C@@H]54)[C@H](c4ccccc4O)[C@]3(c3ccccc3)C2=O)cc1. The van der Waals surface area contributed by atoms with E-state index in [4.69, 9.17) is 0 Å². The average molecular weight is 668 g/mol. The highest BCUT2D eigenvalue weighted by molar-refractivity contribution is 6.13. The third-order valence-corrected chi connectivity index (χ3v) is 11.3. The van der Waals surface area contributed by atoms with Crippen LogP contribution >= 0.6 is 0 Å². The number of hydrazine groups is 1. The third kappa shape index (κ3) is 4.75. The predicted molar refractivity (Wildman–Crippen MR) is 185 cm³/mol. The van der Waals surface area contributed by atoms with E-state index in [0.29, 0.717) is 29.7 Å². The number of anilines is 1. The number of benzene rings is 4. The lowest BCUT2D eigenvalue weighted by Gasteiger charge is -2.50. The molecule has 9 heteroatoms. The van der Waals surface area contributed by atoms with Crippen molar-refractivity contribution >= 4 is 29.3 Å². The van der Waals surface area contributed by atoms with E-state index in [9.17, 15) is 24.6 Å². The summed E-state index contributed by atoms with van der Waals surface area (Å²) in [4.78, 5) is 59.4. The lowest BCUT2D eigenvalue weighted by atomic mass is 9.49. The van der Waals surface area contributed by atoms with Crippen LogP contribution in [-0.2, 0) is 31.0 Å². The molecule has 0 bridgehead atoms. The molecule has 2 heterocycles. The molecule has 1 saturated carbocycles. The Morgan fingerprint density at radius 2 is 1.48 bits per heavy atom. The zero-order valence-corrected chi connectivity index (χ0v) is 27.5. The summed E-state index contributed by atoms with van der Waals surface area (Å²) in [6.45, 7) is 2.15. The molecule has 4 aliphatic rings. The van der Waals surface area contributed by atoms with E-state index in [0.717, 1.165) is 21.7 Å². The van der Waals surface area contributed by atoms with E-state index in [-0.39, 0.29) is 36.3 Å². The molecule has 3 N–H and O–H groups in total. The molecule has 4 aromatic rings. The van der Waals surface area contributed by atoms with Gasteiger partial charge in [-0.2, -0.15) is 5.01 Å². The minimum Gasteiger partial charge on any atom is -0.508 e. The van der Waals surface area contributed by atoms with Crippen LogP contribution in [0.25, 0.3) is 0 Å². The maximum Gasteiger partial charge on any atom is 0.260 e. The second-order valence-electron chi connectivity index (χ2n) is 13.9. The number of amides is 4. The molecule has 0 aromatic heterocycles. The Morgan fingerprint density at radius 1 is 0.780 bits per heavy atom. The number of likely N-dealkylation sites (tertiary alicyclic amines) is 1. The summed E-state index contributed by atoms with van der Waals surface area (Å²) in [5.74, 6) is -4.70. The summed E-state index contributed by atoms with van der Waals surface area (Å²) in [5.41, 5.74) is 6.10. The number of rotatable bonds is 7. The molecule has 4 aromatic carbocycles. The molecule has 2 saturated heterocycles. The summed E-state index contributed by atoms with van der Waals surface area (Å²) >= 11 is 0. The van der Waals surface area contributed by atoms with Crippen LogP contribution in [0, 0.1) is 30.6 Å². The maximum atomic E-state index is 15.1. The Balaban J connectivity index is 1.24. The van der Waals surface area contributed by atoms with Crippen molar-refractivity contribution in [2.75, 3.05) is 12.0 Å². The predicted octanol–water partition coefficient (Wildman–Crippen LogP) is 5.63. The zero-order chi connectivity index (χ0) is 34.7. The number of phenols is 2. The number of carbonyl (C=O) groups excluding carboxylic acids is 4. The number of fused-ring (bicyclic) bond motifs is 4. The van der Waals surface area contributed by atoms with Crippen LogP contribution in [0.2, 0.25) is 0 Å². The van der Waals surface area contributed by atoms with Gasteiger partial charge in [0.05, 0.1) is 28.9 Å². The molecular formula is C41H37N3O6. The van der Waals surface area contributed by atoms with Gasteiger partial charge in [-0.1, -0.05) is 90.0 Å². The molecule has 50 heavy (non-hydrogen) atoms. The first-order valence-electron chi connectivity index (χ1n) is 17.1. The van der Waals surface area contributed by atoms with E-state index >= 15 is 4.79 Å². The molecule has 8 rings (SSSR count). The van der Waals surface area contributed by atoms with Crippen LogP contribution in [0.4, 0.5) is 5.69 Å². The first kappa shape index (κ1) is 31.6. The van der Waals surface area contributed by atoms with Crippen molar-refractivity contribution in [1.82, 2.24) is 9.91 Å². The van der Waals surface area contributed by atoms with Gasteiger partial charge in [0.1, 0.15) is 11.5 Å². The highest BCUT2D eigenvalue weighted by Gasteiger charge is 2.70. The third-order valence-electron chi connectivity index (χ3n) is 11.3. The molecule has 0 unspecified atom stereocenters. The van der Waals surface area contributed by atoms with Crippen molar-refractivity contribution in [2.24, 2.45) is 23.7 Å². The first-order chi connectivity index (χ1) is 24.2. The maximum absolute atomic E-state index is 15.1. The van der Waals surface area contributed by atoms with Gasteiger partial charge in [0.25, 0.3) is 11.8 Å². The van der Waals surface area contributed by atoms with E-state index in [1.165, 1.54) is 4.90 Å². The van der Waals surface area contributed by atoms with Gasteiger partial charge in [-0.3, -0.25) is 29.5 Å². The van der Waals surface area contributed by atoms with Gasteiger partial charge in [-0.15, -0.1) is 0 Å². The van der Waals surface area contributed by atoms with E-state index in [2.05, 4.69) is 5.43 Å². The molecule has 252 valence electrons. The minimum atomic E-state index is -1.44. The summed E-state index contributed by atoms with van der Waals surface area (Å²) in [6, 6.07) is 30.3. The monoisotopic (exact) mass is 667 g/mol. The summed E-state index contributed by atoms with van der Waals surface area (Å²) in [7, 11) is 0. The lowest BCUT2D eigenvalue weighted by Crippen LogP contribution is -2.53. The Hall–Kier alpha value is -5.70. The van der Waals surface area contributed by atoms with Crippen LogP contribution in [-0.4, -0.2) is 50.3 Å². The van der Waals surface area contributed by atoms with E-state index in [1.807, 2.05) is 67.6 Å². The molecule has 2 aliphatic carbocycles. The second-order valence-corrected chi connectivity index (χ2v) is 13.9. The van der Waals surface area contributed by atoms with Crippen LogP contribution < -0.4 is 5.43 Å². The van der Waals surface area contributed by atoms with E-state index in [1.54, 1.807) is 48.5 Å². The van der Waals surface area contributed by atoms with Crippen molar-refractivity contribution in [3.8, 4) is 11.5 Å². The minimum absolute atomic E-state index is 0.00947. The van der Waals surface area contributed by atoms with Gasteiger partial charge in [-0.25, -0.2) is 0 Å². The number of aryl methyl sites for hydroxylation is 1. The molecule has 0 radical (unpaired) electrons. The number of nitrogens with zero attached hydrogens (tertiary/aromatic N) is 2. The Bertz CT molecular complexity index is 2040. The average Bonchev–Trinajstić information content (AvgIpc) is 3.50. The van der Waals surface area contributed by atoms with Crippen LogP contribution in [0.15, 0.2) is 115 Å². The quantitative estimate of drug-likeness (QED) is 0.172. The van der Waals surface area contributed by atoms with Gasteiger partial charge >= 0.3 is 0 Å². The molecule has 0 spiro atoms. The van der Waals surface area contributed by atoms with Crippen LogP contribution in [0.1, 0.15) is 41.0 Å². The number of nitrogens with one attached hydrogen (secondary N) is 1. The van der Waals surface area contributed by atoms with Crippen LogP contribution in [0.3, 0.4) is 0 Å². The molecule has 4 amide bonds. The topological polar surface area (TPSA) is 127 Å².